The van der Waals surface area contributed by atoms with Gasteiger partial charge in [0.25, 0.3) is 0 Å². The molecule has 3 aromatic rings. The number of aromatic amines is 1. The number of imidazole rings is 1. The number of aliphatic hydroxyl groups is 2. The van der Waals surface area contributed by atoms with E-state index in [1.54, 1.807) is 0 Å². The summed E-state index contributed by atoms with van der Waals surface area (Å²) in [6, 6.07) is 12.6. The summed E-state index contributed by atoms with van der Waals surface area (Å²) in [7, 11) is 0. The monoisotopic (exact) mass is 715 g/mol. The molecule has 0 radical (unpaired) electrons. The average Bonchev–Trinajstić information content (AvgIpc) is 3.59. The van der Waals surface area contributed by atoms with E-state index >= 15 is 0 Å². The molecular formula is C42H48F3N3O4. The van der Waals surface area contributed by atoms with Crippen molar-refractivity contribution in [2.75, 3.05) is 19.6 Å². The third-order valence-corrected chi connectivity index (χ3v) is 15.4. The second kappa shape index (κ2) is 11.3. The predicted molar refractivity (Wildman–Crippen MR) is 192 cm³/mol. The second-order valence-electron chi connectivity index (χ2n) is 17.5. The molecule has 1 aromatic heterocycles. The van der Waals surface area contributed by atoms with E-state index in [1.807, 2.05) is 28.8 Å². The van der Waals surface area contributed by atoms with Crippen LogP contribution in [0.5, 0.6) is 0 Å². The number of aliphatic hydroxyl groups excluding tert-OH is 1. The van der Waals surface area contributed by atoms with Crippen molar-refractivity contribution in [1.82, 2.24) is 14.5 Å². The van der Waals surface area contributed by atoms with Gasteiger partial charge in [-0.05, 0) is 99.3 Å². The summed E-state index contributed by atoms with van der Waals surface area (Å²) in [6.07, 6.45) is 7.76. The number of Topliss-reactive ketones (excluding diaryl/α,β-unsaturated/α-hetero) is 1. The number of nitrogens with zero attached hydrogens (tertiary/aromatic N) is 2. The second-order valence-corrected chi connectivity index (χ2v) is 17.5. The van der Waals surface area contributed by atoms with Crippen molar-refractivity contribution in [2.24, 2.45) is 33.5 Å². The molecular weight excluding hydrogens is 667 g/mol. The summed E-state index contributed by atoms with van der Waals surface area (Å²) in [5.41, 5.74) is -1.74. The molecule has 10 rings (SSSR count). The molecule has 4 fully saturated rings. The summed E-state index contributed by atoms with van der Waals surface area (Å²) in [4.78, 5) is 33.0. The van der Waals surface area contributed by atoms with Crippen LogP contribution in [0.4, 0.5) is 13.2 Å². The Balaban J connectivity index is 1.05. The number of piperidine rings is 1. The lowest BCUT2D eigenvalue weighted by molar-refractivity contribution is -0.176. The summed E-state index contributed by atoms with van der Waals surface area (Å²) in [6.45, 7) is 6.48. The van der Waals surface area contributed by atoms with Gasteiger partial charge >= 0.3 is 11.9 Å². The summed E-state index contributed by atoms with van der Waals surface area (Å²) in [5, 5.41) is 23.8. The molecule has 3 N–H and O–H groups in total. The van der Waals surface area contributed by atoms with Crippen molar-refractivity contribution >= 4 is 16.8 Å². The minimum Gasteiger partial charge on any atom is -0.393 e. The number of aromatic nitrogens is 2. The topological polar surface area (TPSA) is 98.6 Å². The zero-order valence-electron chi connectivity index (χ0n) is 29.9. The van der Waals surface area contributed by atoms with Crippen LogP contribution in [-0.4, -0.2) is 61.8 Å². The molecule has 8 atom stereocenters. The van der Waals surface area contributed by atoms with Gasteiger partial charge in [-0.1, -0.05) is 56.3 Å². The number of carbonyl (C=O) groups is 1. The van der Waals surface area contributed by atoms with Crippen molar-refractivity contribution < 1.29 is 28.2 Å². The highest BCUT2D eigenvalue weighted by Gasteiger charge is 2.74. The van der Waals surface area contributed by atoms with E-state index in [0.29, 0.717) is 37.8 Å². The number of nitrogens with one attached hydrogen (secondary N) is 1. The van der Waals surface area contributed by atoms with Gasteiger partial charge in [0.15, 0.2) is 5.78 Å². The Kier molecular flexibility index (Phi) is 7.44. The van der Waals surface area contributed by atoms with Crippen LogP contribution in [0.2, 0.25) is 0 Å². The highest BCUT2D eigenvalue weighted by molar-refractivity contribution is 6.10. The van der Waals surface area contributed by atoms with Crippen LogP contribution in [0.3, 0.4) is 0 Å². The van der Waals surface area contributed by atoms with E-state index in [0.717, 1.165) is 68.4 Å². The van der Waals surface area contributed by atoms with E-state index in [-0.39, 0.29) is 40.3 Å². The van der Waals surface area contributed by atoms with Crippen LogP contribution in [0, 0.1) is 33.5 Å². The summed E-state index contributed by atoms with van der Waals surface area (Å²) in [5.74, 6) is -0.417. The van der Waals surface area contributed by atoms with Gasteiger partial charge in [0.2, 0.25) is 0 Å². The molecule has 10 heteroatoms. The van der Waals surface area contributed by atoms with Crippen LogP contribution >= 0.6 is 0 Å². The molecule has 2 aromatic carbocycles. The third kappa shape index (κ3) is 4.55. The minimum absolute atomic E-state index is 0.0299. The van der Waals surface area contributed by atoms with Gasteiger partial charge in [-0.2, -0.15) is 13.2 Å². The van der Waals surface area contributed by atoms with Crippen LogP contribution in [0.25, 0.3) is 11.0 Å². The number of benzene rings is 2. The number of rotatable bonds is 5. The standard InChI is InChI=1S/C42H48F3N3O4/c1-37-15-10-29(49)23-39(37)18-19-41(30(24-39)35(50)26-6-5-7-27(22-26)42(43,44)45)33(37)11-16-38(2)34(41)12-17-40(38,52)25-47-20-13-28(14-21-47)48-32-9-4-3-8-31(32)46-36(48)51/h3-9,18-19,22,24,28-29,33-34,49,52H,10-17,20-21,23,25H2,1-2H3,(H,46,51). The molecule has 2 bridgehead atoms. The van der Waals surface area contributed by atoms with E-state index in [9.17, 15) is 33.0 Å². The number of fused-ring (bicyclic) bond motifs is 2. The van der Waals surface area contributed by atoms with Gasteiger partial charge in [-0.15, -0.1) is 0 Å². The molecule has 2 heterocycles. The molecule has 7 nitrogen and oxygen atoms in total. The maximum absolute atomic E-state index is 14.8. The number of β-amino-alcohol motifs (C(OH)–C–C–N with tert-alkyl or cyclic N) is 1. The molecule has 1 aliphatic heterocycles. The van der Waals surface area contributed by atoms with Gasteiger partial charge < -0.3 is 20.1 Å². The van der Waals surface area contributed by atoms with Crippen LogP contribution in [-0.2, 0) is 6.18 Å². The number of allylic oxidation sites excluding steroid dienone is 4. The molecule has 3 saturated carbocycles. The van der Waals surface area contributed by atoms with Crippen molar-refractivity contribution in [2.45, 2.75) is 95.6 Å². The summed E-state index contributed by atoms with van der Waals surface area (Å²) >= 11 is 0. The molecule has 2 spiro atoms. The Bertz CT molecular complexity index is 2080. The number of para-hydroxylation sites is 2. The number of ketones is 1. The molecule has 276 valence electrons. The number of likely N-dealkylation sites (tertiary alicyclic amines) is 1. The van der Waals surface area contributed by atoms with Crippen LogP contribution < -0.4 is 5.69 Å². The van der Waals surface area contributed by atoms with Crippen molar-refractivity contribution in [3.05, 3.63) is 93.9 Å². The normalized spacial score (nSPS) is 38.9. The zero-order valence-corrected chi connectivity index (χ0v) is 29.9. The first-order chi connectivity index (χ1) is 24.6. The first-order valence-corrected chi connectivity index (χ1v) is 19.1. The Morgan fingerprint density at radius 3 is 2.40 bits per heavy atom. The number of H-pyrrole nitrogens is 1. The maximum Gasteiger partial charge on any atom is 0.416 e. The van der Waals surface area contributed by atoms with Crippen molar-refractivity contribution in [1.29, 1.82) is 0 Å². The molecule has 8 unspecified atom stereocenters. The number of hydrogen-bond acceptors (Lipinski definition) is 5. The van der Waals surface area contributed by atoms with Crippen molar-refractivity contribution in [3.8, 4) is 0 Å². The number of carbonyl (C=O) groups excluding carboxylic acids is 1. The largest absolute Gasteiger partial charge is 0.416 e. The molecule has 7 aliphatic rings. The Morgan fingerprint density at radius 2 is 1.63 bits per heavy atom. The van der Waals surface area contributed by atoms with E-state index in [2.05, 4.69) is 42.0 Å². The van der Waals surface area contributed by atoms with Crippen LogP contribution in [0.15, 0.2) is 77.1 Å². The highest BCUT2D eigenvalue weighted by atomic mass is 19.4. The van der Waals surface area contributed by atoms with Crippen molar-refractivity contribution in [3.63, 3.8) is 0 Å². The SMILES string of the molecule is CC12CCC(O)CC13C=CC1(C(C(=O)c4cccc(C(F)(F)F)c4)=C3)C2CCC2(C)C1CCC2(O)CN1CCC(n2c(=O)[nH]c3ccccc32)CC1. The minimum atomic E-state index is -4.58. The lowest BCUT2D eigenvalue weighted by Crippen LogP contribution is -2.67. The van der Waals surface area contributed by atoms with Gasteiger partial charge in [0.05, 0.1) is 28.3 Å². The maximum atomic E-state index is 14.8. The molecule has 52 heavy (non-hydrogen) atoms. The highest BCUT2D eigenvalue weighted by Crippen LogP contribution is 2.78. The average molecular weight is 716 g/mol. The number of alkyl halides is 3. The van der Waals surface area contributed by atoms with Gasteiger partial charge in [0.1, 0.15) is 0 Å². The Morgan fingerprint density at radius 1 is 0.923 bits per heavy atom. The first-order valence-electron chi connectivity index (χ1n) is 19.1. The van der Waals surface area contributed by atoms with E-state index in [1.165, 1.54) is 12.1 Å². The van der Waals surface area contributed by atoms with Gasteiger partial charge in [-0.25, -0.2) is 4.79 Å². The fourth-order valence-corrected chi connectivity index (χ4v) is 12.7. The first kappa shape index (κ1) is 34.3. The molecule has 6 aliphatic carbocycles. The quantitative estimate of drug-likeness (QED) is 0.188. The lowest BCUT2D eigenvalue weighted by Gasteiger charge is -2.71. The van der Waals surface area contributed by atoms with Gasteiger partial charge in [0, 0.05) is 53.1 Å². The van der Waals surface area contributed by atoms with Gasteiger partial charge in [-0.3, -0.25) is 9.36 Å². The molecule has 1 saturated heterocycles. The molecule has 0 amide bonds. The third-order valence-electron chi connectivity index (χ3n) is 15.4. The number of halogens is 3. The Hall–Kier alpha value is -3.47. The van der Waals surface area contributed by atoms with Crippen LogP contribution in [0.1, 0.15) is 93.6 Å². The van der Waals surface area contributed by atoms with E-state index in [4.69, 9.17) is 0 Å². The smallest absolute Gasteiger partial charge is 0.393 e. The fourth-order valence-electron chi connectivity index (χ4n) is 12.7. The van der Waals surface area contributed by atoms with E-state index < -0.39 is 39.7 Å². The lowest BCUT2D eigenvalue weighted by atomic mass is 9.32. The number of hydrogen-bond donors (Lipinski definition) is 3. The zero-order chi connectivity index (χ0) is 36.5. The Labute approximate surface area is 301 Å². The fraction of sp³-hybridized carbons (Fsp3) is 0.571. The summed E-state index contributed by atoms with van der Waals surface area (Å²) < 4.78 is 43.5. The predicted octanol–water partition coefficient (Wildman–Crippen LogP) is 7.46.